The zero-order valence-electron chi connectivity index (χ0n) is 22.0. The van der Waals surface area contributed by atoms with Crippen molar-refractivity contribution in [1.82, 2.24) is 14.6 Å². The number of nitrogens with zero attached hydrogens (tertiary/aromatic N) is 2. The highest BCUT2D eigenvalue weighted by molar-refractivity contribution is 7.09. The van der Waals surface area contributed by atoms with E-state index in [-0.39, 0.29) is 34.8 Å². The van der Waals surface area contributed by atoms with Crippen molar-refractivity contribution in [2.45, 2.75) is 50.7 Å². The number of primary amides is 1. The predicted octanol–water partition coefficient (Wildman–Crippen LogP) is 3.67. The topological polar surface area (TPSA) is 150 Å². The van der Waals surface area contributed by atoms with E-state index >= 15 is 0 Å². The summed E-state index contributed by atoms with van der Waals surface area (Å²) in [4.78, 5) is 41.6. The largest absolute Gasteiger partial charge is 0.493 e. The molecule has 1 fully saturated rings. The summed E-state index contributed by atoms with van der Waals surface area (Å²) in [6.07, 6.45) is 4.91. The molecule has 39 heavy (non-hydrogen) atoms. The van der Waals surface area contributed by atoms with Gasteiger partial charge in [-0.15, -0.1) is 0 Å². The molecule has 0 radical (unpaired) electrons. The average molecular weight is 552 g/mol. The van der Waals surface area contributed by atoms with Crippen LogP contribution >= 0.6 is 11.5 Å². The quantitative estimate of drug-likeness (QED) is 0.348. The highest BCUT2D eigenvalue weighted by atomic mass is 32.1. The van der Waals surface area contributed by atoms with E-state index < -0.39 is 17.9 Å². The number of aromatic nitrogens is 1. The highest BCUT2D eigenvalue weighted by Crippen LogP contribution is 2.39. The number of nitrogen functional groups attached to an aromatic ring is 1. The monoisotopic (exact) mass is 551 g/mol. The molecule has 206 valence electrons. The fourth-order valence-electron chi connectivity index (χ4n) is 4.93. The summed E-state index contributed by atoms with van der Waals surface area (Å²) in [5.41, 5.74) is 12.5. The molecule has 4 rings (SSSR count). The molecule has 1 heterocycles. The number of carbonyl (C=O) groups excluding carboxylic acids is 3. The normalized spacial score (nSPS) is 14.3. The first-order valence-electron chi connectivity index (χ1n) is 12.8. The molecule has 3 aromatic rings. The van der Waals surface area contributed by atoms with E-state index in [4.69, 9.17) is 20.9 Å². The third kappa shape index (κ3) is 6.14. The molecule has 0 unspecified atom stereocenters. The van der Waals surface area contributed by atoms with E-state index in [1.165, 1.54) is 19.1 Å². The van der Waals surface area contributed by atoms with Crippen LogP contribution in [0.5, 0.6) is 11.5 Å². The molecular weight excluding hydrogens is 518 g/mol. The van der Waals surface area contributed by atoms with Crippen LogP contribution in [0.4, 0.5) is 5.69 Å². The molecule has 0 bridgehead atoms. The Kier molecular flexibility index (Phi) is 9.03. The van der Waals surface area contributed by atoms with E-state index in [0.29, 0.717) is 17.1 Å². The Morgan fingerprint density at radius 1 is 1.05 bits per heavy atom. The SMILES string of the molecule is COc1cccc([C@@H](C(=O)NC2CCCCC2)N(Cc2ccccc2)C(=O)c2snc(C(N)=O)c2N)c1OC. The van der Waals surface area contributed by atoms with Gasteiger partial charge in [0.25, 0.3) is 11.8 Å². The van der Waals surface area contributed by atoms with E-state index in [2.05, 4.69) is 9.69 Å². The predicted molar refractivity (Wildman–Crippen MR) is 149 cm³/mol. The Balaban J connectivity index is 1.86. The van der Waals surface area contributed by atoms with Gasteiger partial charge in [-0.3, -0.25) is 14.4 Å². The summed E-state index contributed by atoms with van der Waals surface area (Å²) >= 11 is 0.774. The van der Waals surface area contributed by atoms with Gasteiger partial charge in [-0.05, 0) is 36.0 Å². The number of methoxy groups -OCH3 is 2. The van der Waals surface area contributed by atoms with Crippen LogP contribution in [0.1, 0.15) is 69.4 Å². The summed E-state index contributed by atoms with van der Waals surface area (Å²) in [5.74, 6) is -0.986. The Morgan fingerprint density at radius 2 is 1.77 bits per heavy atom. The van der Waals surface area contributed by atoms with Crippen molar-refractivity contribution in [1.29, 1.82) is 0 Å². The Bertz CT molecular complexity index is 1320. The van der Waals surface area contributed by atoms with Crippen LogP contribution in [0.2, 0.25) is 0 Å². The lowest BCUT2D eigenvalue weighted by atomic mass is 9.94. The first-order chi connectivity index (χ1) is 18.8. The summed E-state index contributed by atoms with van der Waals surface area (Å²) in [5, 5.41) is 3.17. The van der Waals surface area contributed by atoms with Crippen LogP contribution in [0.3, 0.4) is 0 Å². The van der Waals surface area contributed by atoms with Crippen LogP contribution < -0.4 is 26.3 Å². The van der Waals surface area contributed by atoms with Crippen molar-refractivity contribution < 1.29 is 23.9 Å². The number of carbonyl (C=O) groups is 3. The molecule has 3 amide bonds. The molecule has 0 saturated heterocycles. The van der Waals surface area contributed by atoms with Gasteiger partial charge in [0.2, 0.25) is 5.91 Å². The van der Waals surface area contributed by atoms with Crippen molar-refractivity contribution >= 4 is 34.9 Å². The van der Waals surface area contributed by atoms with Gasteiger partial charge in [-0.25, -0.2) is 0 Å². The van der Waals surface area contributed by atoms with Crippen molar-refractivity contribution in [2.24, 2.45) is 5.73 Å². The number of nitrogens with one attached hydrogen (secondary N) is 1. The summed E-state index contributed by atoms with van der Waals surface area (Å²) < 4.78 is 15.2. The number of hydrogen-bond donors (Lipinski definition) is 3. The van der Waals surface area contributed by atoms with Gasteiger partial charge in [-0.2, -0.15) is 4.37 Å². The van der Waals surface area contributed by atoms with E-state index in [0.717, 1.165) is 49.2 Å². The zero-order chi connectivity index (χ0) is 27.9. The molecule has 10 nitrogen and oxygen atoms in total. The van der Waals surface area contributed by atoms with Crippen molar-refractivity contribution in [3.63, 3.8) is 0 Å². The molecule has 1 aliphatic carbocycles. The lowest BCUT2D eigenvalue weighted by Gasteiger charge is -2.34. The Morgan fingerprint density at radius 3 is 2.38 bits per heavy atom. The molecule has 1 saturated carbocycles. The minimum atomic E-state index is -1.11. The third-order valence-corrected chi connectivity index (χ3v) is 7.70. The second kappa shape index (κ2) is 12.6. The fourth-order valence-corrected chi connectivity index (χ4v) is 5.69. The highest BCUT2D eigenvalue weighted by Gasteiger charge is 2.38. The van der Waals surface area contributed by atoms with Gasteiger partial charge in [0, 0.05) is 18.2 Å². The summed E-state index contributed by atoms with van der Waals surface area (Å²) in [6, 6.07) is 13.4. The second-order valence-corrected chi connectivity index (χ2v) is 10.2. The van der Waals surface area contributed by atoms with Gasteiger partial charge >= 0.3 is 0 Å². The Labute approximate surface area is 231 Å². The van der Waals surface area contributed by atoms with Gasteiger partial charge in [0.15, 0.2) is 17.2 Å². The molecule has 1 atom stereocenters. The lowest BCUT2D eigenvalue weighted by molar-refractivity contribution is -0.127. The lowest BCUT2D eigenvalue weighted by Crippen LogP contribution is -2.47. The molecule has 1 aromatic heterocycles. The zero-order valence-corrected chi connectivity index (χ0v) is 22.8. The standard InChI is InChI=1S/C28H33N5O5S/c1-37-20-15-9-14-19(24(20)38-2)23(27(35)31-18-12-7-4-8-13-18)33(16-17-10-5-3-6-11-17)28(36)25-21(29)22(26(30)34)32-39-25/h3,5-6,9-11,14-15,18,23H,4,7-8,12-13,16,29H2,1-2H3,(H2,30,34)(H,31,35)/t23-/m0/s1. The molecule has 5 N–H and O–H groups in total. The van der Waals surface area contributed by atoms with Gasteiger partial charge < -0.3 is 31.2 Å². The minimum absolute atomic E-state index is 0.00559. The number of nitrogens with two attached hydrogens (primary N) is 2. The maximum absolute atomic E-state index is 14.2. The summed E-state index contributed by atoms with van der Waals surface area (Å²) in [6.45, 7) is 0.0754. The van der Waals surface area contributed by atoms with Crippen molar-refractivity contribution in [3.8, 4) is 11.5 Å². The average Bonchev–Trinajstić information content (AvgIpc) is 3.34. The number of benzene rings is 2. The molecule has 11 heteroatoms. The number of rotatable bonds is 10. The fraction of sp³-hybridized carbons (Fsp3) is 0.357. The first-order valence-corrected chi connectivity index (χ1v) is 13.5. The van der Waals surface area contributed by atoms with Crippen LogP contribution in [-0.4, -0.2) is 47.3 Å². The number of para-hydroxylation sites is 1. The molecule has 0 spiro atoms. The van der Waals surface area contributed by atoms with Crippen molar-refractivity contribution in [3.05, 3.63) is 70.2 Å². The van der Waals surface area contributed by atoms with Crippen molar-refractivity contribution in [2.75, 3.05) is 20.0 Å². The molecule has 2 aromatic carbocycles. The number of anilines is 1. The van der Waals surface area contributed by atoms with Gasteiger partial charge in [0.1, 0.15) is 10.9 Å². The third-order valence-electron chi connectivity index (χ3n) is 6.85. The smallest absolute Gasteiger partial charge is 0.270 e. The second-order valence-electron chi connectivity index (χ2n) is 9.39. The molecular formula is C28H33N5O5S. The van der Waals surface area contributed by atoms with Crippen LogP contribution in [0.25, 0.3) is 0 Å². The number of ether oxygens (including phenoxy) is 2. The van der Waals surface area contributed by atoms with Crippen LogP contribution in [-0.2, 0) is 11.3 Å². The van der Waals surface area contributed by atoms with E-state index in [9.17, 15) is 14.4 Å². The van der Waals surface area contributed by atoms with Gasteiger partial charge in [-0.1, -0.05) is 61.7 Å². The molecule has 0 aliphatic heterocycles. The van der Waals surface area contributed by atoms with Crippen LogP contribution in [0, 0.1) is 0 Å². The number of hydrogen-bond acceptors (Lipinski definition) is 8. The summed E-state index contributed by atoms with van der Waals surface area (Å²) in [7, 11) is 3.00. The number of amides is 3. The maximum atomic E-state index is 14.2. The maximum Gasteiger partial charge on any atom is 0.270 e. The van der Waals surface area contributed by atoms with Gasteiger partial charge in [0.05, 0.1) is 19.9 Å². The Hall–Kier alpha value is -4.12. The minimum Gasteiger partial charge on any atom is -0.493 e. The molecule has 1 aliphatic rings. The van der Waals surface area contributed by atoms with Crippen LogP contribution in [0.15, 0.2) is 48.5 Å². The first kappa shape index (κ1) is 27.9. The van der Waals surface area contributed by atoms with E-state index in [1.807, 2.05) is 30.3 Å². The van der Waals surface area contributed by atoms with E-state index in [1.54, 1.807) is 18.2 Å².